The lowest BCUT2D eigenvalue weighted by Crippen LogP contribution is -2.32. The molecule has 0 aliphatic carbocycles. The number of nitrogens with one attached hydrogen (secondary N) is 2. The Morgan fingerprint density at radius 2 is 1.45 bits per heavy atom. The number of nitro benzene ring substituents is 1. The first kappa shape index (κ1) is 21.5. The van der Waals surface area contributed by atoms with Gasteiger partial charge in [0.1, 0.15) is 12.2 Å². The first-order chi connectivity index (χ1) is 13.6. The number of carbonyl (C=O) groups is 2. The Hall–Kier alpha value is -3.77. The predicted molar refractivity (Wildman–Crippen MR) is 86.6 cm³/mol. The third kappa shape index (κ3) is 4.94. The standard InChI is InChI=1S/C16H10F5N3O5/c17-10-9(11(18)13(20)14(21)12(10)19)15(25)29-6-5-22-16(26)23-7-1-3-8(4-2-7)24(27)28/h1-4H,5-6H2,(H2,22,23,26). The second-order valence-electron chi connectivity index (χ2n) is 5.27. The van der Waals surface area contributed by atoms with E-state index in [1.165, 1.54) is 12.1 Å². The molecule has 0 spiro atoms. The summed E-state index contributed by atoms with van der Waals surface area (Å²) in [6.07, 6.45) is 0. The van der Waals surface area contributed by atoms with E-state index in [0.29, 0.717) is 0 Å². The number of hydrogen-bond donors (Lipinski definition) is 2. The van der Waals surface area contributed by atoms with Crippen molar-refractivity contribution in [2.75, 3.05) is 18.5 Å². The summed E-state index contributed by atoms with van der Waals surface area (Å²) in [6, 6.07) is 3.97. The van der Waals surface area contributed by atoms with Gasteiger partial charge in [-0.1, -0.05) is 0 Å². The Balaban J connectivity index is 1.87. The van der Waals surface area contributed by atoms with Gasteiger partial charge in [-0.3, -0.25) is 10.1 Å². The third-order valence-electron chi connectivity index (χ3n) is 3.37. The van der Waals surface area contributed by atoms with E-state index in [1.54, 1.807) is 0 Å². The van der Waals surface area contributed by atoms with Gasteiger partial charge < -0.3 is 15.4 Å². The monoisotopic (exact) mass is 419 g/mol. The van der Waals surface area contributed by atoms with Crippen LogP contribution in [-0.2, 0) is 4.74 Å². The smallest absolute Gasteiger partial charge is 0.344 e. The van der Waals surface area contributed by atoms with Crippen molar-refractivity contribution in [2.24, 2.45) is 0 Å². The Morgan fingerprint density at radius 3 is 1.97 bits per heavy atom. The van der Waals surface area contributed by atoms with Crippen molar-refractivity contribution in [2.45, 2.75) is 0 Å². The lowest BCUT2D eigenvalue weighted by molar-refractivity contribution is -0.384. The number of non-ortho nitro benzene ring substituents is 1. The normalized spacial score (nSPS) is 10.4. The van der Waals surface area contributed by atoms with Gasteiger partial charge in [0.05, 0.1) is 11.5 Å². The van der Waals surface area contributed by atoms with Gasteiger partial charge in [-0.25, -0.2) is 31.5 Å². The summed E-state index contributed by atoms with van der Waals surface area (Å²) >= 11 is 0. The largest absolute Gasteiger partial charge is 0.460 e. The number of amides is 2. The van der Waals surface area contributed by atoms with Gasteiger partial charge in [-0.05, 0) is 12.1 Å². The summed E-state index contributed by atoms with van der Waals surface area (Å²) in [4.78, 5) is 33.1. The van der Waals surface area contributed by atoms with Gasteiger partial charge in [-0.15, -0.1) is 0 Å². The number of benzene rings is 2. The van der Waals surface area contributed by atoms with Gasteiger partial charge in [0.25, 0.3) is 5.69 Å². The molecule has 29 heavy (non-hydrogen) atoms. The molecule has 0 saturated heterocycles. The van der Waals surface area contributed by atoms with Crippen molar-refractivity contribution >= 4 is 23.4 Å². The van der Waals surface area contributed by atoms with Crippen LogP contribution in [0.3, 0.4) is 0 Å². The van der Waals surface area contributed by atoms with Crippen molar-refractivity contribution in [1.82, 2.24) is 5.32 Å². The summed E-state index contributed by atoms with van der Waals surface area (Å²) < 4.78 is 70.4. The zero-order chi connectivity index (χ0) is 21.7. The maximum atomic E-state index is 13.5. The number of rotatable bonds is 6. The molecule has 0 aromatic heterocycles. The molecule has 0 unspecified atom stereocenters. The van der Waals surface area contributed by atoms with Crippen LogP contribution in [0.4, 0.5) is 38.1 Å². The van der Waals surface area contributed by atoms with E-state index in [4.69, 9.17) is 0 Å². The van der Waals surface area contributed by atoms with Crippen LogP contribution in [0.1, 0.15) is 10.4 Å². The Bertz CT molecular complexity index is 939. The van der Waals surface area contributed by atoms with Gasteiger partial charge >= 0.3 is 12.0 Å². The molecule has 13 heteroatoms. The molecular formula is C16H10F5N3O5. The Morgan fingerprint density at radius 1 is 0.931 bits per heavy atom. The van der Waals surface area contributed by atoms with Gasteiger partial charge in [-0.2, -0.15) is 0 Å². The van der Waals surface area contributed by atoms with Crippen LogP contribution in [0.25, 0.3) is 0 Å². The van der Waals surface area contributed by atoms with Crippen molar-refractivity contribution in [1.29, 1.82) is 0 Å². The first-order valence-electron chi connectivity index (χ1n) is 7.61. The van der Waals surface area contributed by atoms with E-state index in [1.807, 2.05) is 0 Å². The highest BCUT2D eigenvalue weighted by molar-refractivity contribution is 5.90. The molecular weight excluding hydrogens is 409 g/mol. The van der Waals surface area contributed by atoms with Gasteiger partial charge in [0, 0.05) is 17.8 Å². The topological polar surface area (TPSA) is 111 Å². The van der Waals surface area contributed by atoms with E-state index < -0.39 is 58.2 Å². The summed E-state index contributed by atoms with van der Waals surface area (Å²) in [5.74, 6) is -13.5. The minimum Gasteiger partial charge on any atom is -0.460 e. The van der Waals surface area contributed by atoms with Crippen LogP contribution in [-0.4, -0.2) is 30.1 Å². The molecule has 2 rings (SSSR count). The van der Waals surface area contributed by atoms with Crippen LogP contribution in [0.15, 0.2) is 24.3 Å². The second-order valence-corrected chi connectivity index (χ2v) is 5.27. The van der Waals surface area contributed by atoms with Crippen LogP contribution in [0.5, 0.6) is 0 Å². The summed E-state index contributed by atoms with van der Waals surface area (Å²) in [6.45, 7) is -1.02. The number of hydrogen-bond acceptors (Lipinski definition) is 5. The first-order valence-corrected chi connectivity index (χ1v) is 7.61. The Labute approximate surface area is 158 Å². The van der Waals surface area contributed by atoms with E-state index >= 15 is 0 Å². The van der Waals surface area contributed by atoms with E-state index in [9.17, 15) is 41.7 Å². The van der Waals surface area contributed by atoms with Crippen molar-refractivity contribution in [3.63, 3.8) is 0 Å². The molecule has 154 valence electrons. The summed E-state index contributed by atoms with van der Waals surface area (Å²) in [5.41, 5.74) is -1.75. The molecule has 0 heterocycles. The number of carbonyl (C=O) groups excluding carboxylic acids is 2. The van der Waals surface area contributed by atoms with Gasteiger partial charge in [0.15, 0.2) is 23.3 Å². The Kier molecular flexibility index (Phi) is 6.64. The maximum Gasteiger partial charge on any atom is 0.344 e. The molecule has 0 aliphatic heterocycles. The number of esters is 1. The molecule has 0 bridgehead atoms. The average Bonchev–Trinajstić information content (AvgIpc) is 2.68. The summed E-state index contributed by atoms with van der Waals surface area (Å²) in [7, 11) is 0. The van der Waals surface area contributed by atoms with Crippen LogP contribution >= 0.6 is 0 Å². The predicted octanol–water partition coefficient (Wildman–Crippen LogP) is 3.27. The molecule has 0 aliphatic rings. The van der Waals surface area contributed by atoms with Crippen LogP contribution in [0, 0.1) is 39.2 Å². The van der Waals surface area contributed by atoms with Crippen molar-refractivity contribution < 1.29 is 41.2 Å². The number of halogens is 5. The number of nitrogens with zero attached hydrogens (tertiary/aromatic N) is 1. The van der Waals surface area contributed by atoms with Crippen LogP contribution < -0.4 is 10.6 Å². The summed E-state index contributed by atoms with van der Waals surface area (Å²) in [5, 5.41) is 15.0. The van der Waals surface area contributed by atoms with E-state index in [0.717, 1.165) is 12.1 Å². The van der Waals surface area contributed by atoms with E-state index in [-0.39, 0.29) is 17.9 Å². The molecule has 0 fully saturated rings. The highest BCUT2D eigenvalue weighted by atomic mass is 19.2. The fraction of sp³-hybridized carbons (Fsp3) is 0.125. The van der Waals surface area contributed by atoms with Crippen molar-refractivity contribution in [3.05, 3.63) is 69.0 Å². The maximum absolute atomic E-state index is 13.5. The molecule has 0 atom stereocenters. The minimum absolute atomic E-state index is 0.198. The highest BCUT2D eigenvalue weighted by Gasteiger charge is 2.30. The number of ether oxygens (including phenoxy) is 1. The quantitative estimate of drug-likeness (QED) is 0.142. The van der Waals surface area contributed by atoms with Crippen molar-refractivity contribution in [3.8, 4) is 0 Å². The molecule has 0 saturated carbocycles. The average molecular weight is 419 g/mol. The minimum atomic E-state index is -2.42. The zero-order valence-electron chi connectivity index (χ0n) is 14.1. The molecule has 2 aromatic carbocycles. The lowest BCUT2D eigenvalue weighted by Gasteiger charge is -2.10. The SMILES string of the molecule is O=C(NCCOC(=O)c1c(F)c(F)c(F)c(F)c1F)Nc1ccc([N+](=O)[O-])cc1. The van der Waals surface area contributed by atoms with E-state index in [2.05, 4.69) is 15.4 Å². The molecule has 2 aromatic rings. The number of nitro groups is 1. The lowest BCUT2D eigenvalue weighted by atomic mass is 10.1. The third-order valence-corrected chi connectivity index (χ3v) is 3.37. The number of anilines is 1. The molecule has 0 radical (unpaired) electrons. The molecule has 8 nitrogen and oxygen atoms in total. The zero-order valence-corrected chi connectivity index (χ0v) is 14.1. The highest BCUT2D eigenvalue weighted by Crippen LogP contribution is 2.23. The fourth-order valence-electron chi connectivity index (χ4n) is 2.01. The second kappa shape index (κ2) is 8.95. The fourth-order valence-corrected chi connectivity index (χ4v) is 2.01. The number of urea groups is 1. The molecule has 2 N–H and O–H groups in total. The van der Waals surface area contributed by atoms with Crippen LogP contribution in [0.2, 0.25) is 0 Å². The van der Waals surface area contributed by atoms with Gasteiger partial charge in [0.2, 0.25) is 5.82 Å². The molecule has 2 amide bonds.